The van der Waals surface area contributed by atoms with Crippen LogP contribution in [0.15, 0.2) is 0 Å². The van der Waals surface area contributed by atoms with E-state index in [0.29, 0.717) is 11.8 Å². The lowest BCUT2D eigenvalue weighted by Crippen LogP contribution is -2.68. The zero-order chi connectivity index (χ0) is 6.48. The first-order valence-corrected chi connectivity index (χ1v) is 3.61. The van der Waals surface area contributed by atoms with Crippen LogP contribution in [-0.4, -0.2) is 30.5 Å². The molecule has 3 aliphatic heterocycles. The molecule has 2 unspecified atom stereocenters. The summed E-state index contributed by atoms with van der Waals surface area (Å²) in [5.74, 6) is 0.935. The van der Waals surface area contributed by atoms with Gasteiger partial charge in [0, 0.05) is 0 Å². The number of quaternary nitrogens is 1. The van der Waals surface area contributed by atoms with Crippen LogP contribution in [0.5, 0.6) is 0 Å². The molecular formula is C7H12NO+. The summed E-state index contributed by atoms with van der Waals surface area (Å²) < 4.78 is 0.741. The molecule has 9 heavy (non-hydrogen) atoms. The highest BCUT2D eigenvalue weighted by Crippen LogP contribution is 2.34. The molecule has 2 heteroatoms. The van der Waals surface area contributed by atoms with Gasteiger partial charge in [0.2, 0.25) is 0 Å². The van der Waals surface area contributed by atoms with Crippen LogP contribution in [0, 0.1) is 5.92 Å². The first-order chi connectivity index (χ1) is 4.22. The number of amides is 1. The molecule has 0 spiro atoms. The Morgan fingerprint density at radius 1 is 1.67 bits per heavy atom. The van der Waals surface area contributed by atoms with Crippen molar-refractivity contribution in [2.75, 3.05) is 20.1 Å². The number of carbonyl (C=O) groups is 1. The second-order valence-corrected chi connectivity index (χ2v) is 3.48. The molecule has 0 N–H and O–H groups in total. The van der Waals surface area contributed by atoms with E-state index in [9.17, 15) is 4.79 Å². The molecule has 3 saturated heterocycles. The van der Waals surface area contributed by atoms with Gasteiger partial charge < -0.3 is 0 Å². The second kappa shape index (κ2) is 1.37. The molecule has 0 saturated carbocycles. The van der Waals surface area contributed by atoms with Crippen LogP contribution in [0.3, 0.4) is 0 Å². The van der Waals surface area contributed by atoms with E-state index >= 15 is 0 Å². The van der Waals surface area contributed by atoms with Crippen LogP contribution >= 0.6 is 0 Å². The van der Waals surface area contributed by atoms with Gasteiger partial charge in [-0.25, -0.2) is 4.79 Å². The summed E-state index contributed by atoms with van der Waals surface area (Å²) in [5, 5.41) is 0. The van der Waals surface area contributed by atoms with Crippen LogP contribution < -0.4 is 0 Å². The summed E-state index contributed by atoms with van der Waals surface area (Å²) in [7, 11) is 2.05. The third-order valence-electron chi connectivity index (χ3n) is 2.71. The quantitative estimate of drug-likeness (QED) is 0.339. The Hall–Kier alpha value is -0.370. The Labute approximate surface area is 55.0 Å². The molecule has 3 heterocycles. The highest BCUT2D eigenvalue weighted by Gasteiger charge is 2.53. The minimum Gasteiger partial charge on any atom is -0.262 e. The summed E-state index contributed by atoms with van der Waals surface area (Å²) in [6, 6.07) is 0. The van der Waals surface area contributed by atoms with Gasteiger partial charge in [-0.05, 0) is 12.8 Å². The lowest BCUT2D eigenvalue weighted by molar-refractivity contribution is -0.876. The average Bonchev–Trinajstić information content (AvgIpc) is 1.88. The first kappa shape index (κ1) is 5.42. The van der Waals surface area contributed by atoms with Crippen LogP contribution in [0.4, 0.5) is 0 Å². The molecule has 1 amide bonds. The molecule has 2 bridgehead atoms. The second-order valence-electron chi connectivity index (χ2n) is 3.48. The third-order valence-corrected chi connectivity index (χ3v) is 2.71. The minimum absolute atomic E-state index is 0.448. The van der Waals surface area contributed by atoms with Crippen molar-refractivity contribution in [2.24, 2.45) is 5.92 Å². The number of hydrogen-bond acceptors (Lipinski definition) is 1. The Balaban J connectivity index is 2.22. The molecule has 0 radical (unpaired) electrons. The SMILES string of the molecule is C[N+]12CCCC(C1)C2=O. The van der Waals surface area contributed by atoms with Crippen molar-refractivity contribution in [3.8, 4) is 0 Å². The predicted octanol–water partition coefficient (Wildman–Crippen LogP) is 0.383. The number of nitrogens with zero attached hydrogens (tertiary/aromatic N) is 1. The Bertz CT molecular complexity index is 162. The van der Waals surface area contributed by atoms with Crippen molar-refractivity contribution < 1.29 is 9.28 Å². The number of hydrogen-bond donors (Lipinski definition) is 0. The van der Waals surface area contributed by atoms with Crippen molar-refractivity contribution in [1.29, 1.82) is 0 Å². The summed E-state index contributed by atoms with van der Waals surface area (Å²) in [6.07, 6.45) is 2.42. The van der Waals surface area contributed by atoms with Gasteiger partial charge in [0.25, 0.3) is 0 Å². The van der Waals surface area contributed by atoms with Gasteiger partial charge in [-0.1, -0.05) is 0 Å². The molecule has 3 rings (SSSR count). The van der Waals surface area contributed by atoms with Crippen molar-refractivity contribution in [3.05, 3.63) is 0 Å². The zero-order valence-corrected chi connectivity index (χ0v) is 5.76. The number of fused-ring (bicyclic) bond motifs is 2. The Morgan fingerprint density at radius 3 is 2.78 bits per heavy atom. The Kier molecular flexibility index (Phi) is 0.826. The van der Waals surface area contributed by atoms with E-state index in [-0.39, 0.29) is 0 Å². The van der Waals surface area contributed by atoms with Crippen molar-refractivity contribution in [2.45, 2.75) is 12.8 Å². The van der Waals surface area contributed by atoms with Gasteiger partial charge >= 0.3 is 5.91 Å². The fraction of sp³-hybridized carbons (Fsp3) is 0.857. The normalized spacial score (nSPS) is 48.6. The van der Waals surface area contributed by atoms with Crippen molar-refractivity contribution >= 4 is 5.91 Å². The van der Waals surface area contributed by atoms with Gasteiger partial charge in [0.1, 0.15) is 12.5 Å². The third kappa shape index (κ3) is 0.517. The van der Waals surface area contributed by atoms with Gasteiger partial charge in [0.15, 0.2) is 0 Å². The maximum atomic E-state index is 11.1. The summed E-state index contributed by atoms with van der Waals surface area (Å²) in [4.78, 5) is 11.1. The average molecular weight is 126 g/mol. The van der Waals surface area contributed by atoms with Crippen molar-refractivity contribution in [3.63, 3.8) is 0 Å². The van der Waals surface area contributed by atoms with Crippen LogP contribution in [0.25, 0.3) is 0 Å². The molecule has 50 valence electrons. The molecule has 2 atom stereocenters. The fourth-order valence-electron chi connectivity index (χ4n) is 2.09. The topological polar surface area (TPSA) is 17.1 Å². The van der Waals surface area contributed by atoms with E-state index < -0.39 is 0 Å². The smallest absolute Gasteiger partial charge is 0.262 e. The maximum absolute atomic E-state index is 11.1. The first-order valence-electron chi connectivity index (χ1n) is 3.61. The fourth-order valence-corrected chi connectivity index (χ4v) is 2.09. The summed E-state index contributed by atoms with van der Waals surface area (Å²) in [6.45, 7) is 2.22. The summed E-state index contributed by atoms with van der Waals surface area (Å²) in [5.41, 5.74) is 0. The number of piperidine rings is 2. The number of carbonyl (C=O) groups excluding carboxylic acids is 1. The van der Waals surface area contributed by atoms with Crippen LogP contribution in [-0.2, 0) is 4.79 Å². The maximum Gasteiger partial charge on any atom is 0.322 e. The minimum atomic E-state index is 0.448. The number of rotatable bonds is 0. The highest BCUT2D eigenvalue weighted by atomic mass is 16.2. The molecule has 0 aromatic rings. The molecule has 0 aromatic heterocycles. The standard InChI is InChI=1S/C7H12NO/c1-8-4-2-3-6(5-8)7(8)9/h6H,2-5H2,1H3/q+1. The predicted molar refractivity (Wildman–Crippen MR) is 33.6 cm³/mol. The molecule has 2 nitrogen and oxygen atoms in total. The van der Waals surface area contributed by atoms with Crippen LogP contribution in [0.2, 0.25) is 0 Å². The largest absolute Gasteiger partial charge is 0.322 e. The van der Waals surface area contributed by atoms with E-state index in [1.165, 1.54) is 6.42 Å². The molecular weight excluding hydrogens is 114 g/mol. The highest BCUT2D eigenvalue weighted by molar-refractivity contribution is 5.77. The number of β-lactam (4-membered cyclic amide) rings is 1. The van der Waals surface area contributed by atoms with E-state index in [1.54, 1.807) is 0 Å². The zero-order valence-electron chi connectivity index (χ0n) is 5.76. The molecule has 3 fully saturated rings. The van der Waals surface area contributed by atoms with E-state index in [0.717, 1.165) is 24.0 Å². The van der Waals surface area contributed by atoms with Crippen molar-refractivity contribution in [1.82, 2.24) is 0 Å². The lowest BCUT2D eigenvalue weighted by atomic mass is 9.85. The molecule has 3 aliphatic rings. The van der Waals surface area contributed by atoms with E-state index in [2.05, 4.69) is 7.05 Å². The molecule has 0 aromatic carbocycles. The summed E-state index contributed by atoms with van der Waals surface area (Å²) >= 11 is 0. The lowest BCUT2D eigenvalue weighted by Gasteiger charge is -2.48. The Morgan fingerprint density at radius 2 is 2.44 bits per heavy atom. The van der Waals surface area contributed by atoms with E-state index in [4.69, 9.17) is 0 Å². The van der Waals surface area contributed by atoms with Crippen LogP contribution in [0.1, 0.15) is 12.8 Å². The van der Waals surface area contributed by atoms with Gasteiger partial charge in [0.05, 0.1) is 13.6 Å². The monoisotopic (exact) mass is 126 g/mol. The van der Waals surface area contributed by atoms with Gasteiger partial charge in [-0.3, -0.25) is 4.48 Å². The molecule has 0 aliphatic carbocycles. The van der Waals surface area contributed by atoms with Gasteiger partial charge in [-0.15, -0.1) is 0 Å². The van der Waals surface area contributed by atoms with E-state index in [1.807, 2.05) is 0 Å². The van der Waals surface area contributed by atoms with Gasteiger partial charge in [-0.2, -0.15) is 0 Å².